The van der Waals surface area contributed by atoms with Crippen molar-refractivity contribution in [2.24, 2.45) is 0 Å². The van der Waals surface area contributed by atoms with Gasteiger partial charge in [0.2, 0.25) is 0 Å². The van der Waals surface area contributed by atoms with E-state index in [4.69, 9.17) is 17.8 Å². The van der Waals surface area contributed by atoms with Gasteiger partial charge in [-0.2, -0.15) is 16.8 Å². The van der Waals surface area contributed by atoms with E-state index in [2.05, 4.69) is 0 Å². The summed E-state index contributed by atoms with van der Waals surface area (Å²) in [6.45, 7) is 7.05. The summed E-state index contributed by atoms with van der Waals surface area (Å²) in [5.41, 5.74) is 0. The van der Waals surface area contributed by atoms with Crippen LogP contribution in [0.3, 0.4) is 0 Å². The normalized spacial score (nSPS) is 21.4. The third-order valence-electron chi connectivity index (χ3n) is 8.54. The zero-order valence-electron chi connectivity index (χ0n) is 26.1. The minimum atomic E-state index is -3.86. The summed E-state index contributed by atoms with van der Waals surface area (Å²) in [6.07, 6.45) is 12.9. The molecule has 42 heavy (non-hydrogen) atoms. The average Bonchev–Trinajstić information content (AvgIpc) is 2.96. The van der Waals surface area contributed by atoms with Gasteiger partial charge in [0.1, 0.15) is 12.3 Å². The van der Waals surface area contributed by atoms with Gasteiger partial charge in [0.05, 0.1) is 12.2 Å². The molecular formula is C28H54O10P2S2+2. The largest absolute Gasteiger partial charge is 0.373 e. The van der Waals surface area contributed by atoms with Crippen molar-refractivity contribution in [2.75, 3.05) is 24.2 Å². The van der Waals surface area contributed by atoms with Crippen molar-refractivity contribution in [3.8, 4) is 0 Å². The van der Waals surface area contributed by atoms with Gasteiger partial charge < -0.3 is 9.47 Å². The first-order valence-corrected chi connectivity index (χ1v) is 21.8. The van der Waals surface area contributed by atoms with Crippen LogP contribution in [0.1, 0.15) is 130 Å². The Morgan fingerprint density at radius 3 is 1.24 bits per heavy atom. The highest BCUT2D eigenvalue weighted by Gasteiger charge is 2.46. The summed E-state index contributed by atoms with van der Waals surface area (Å²) in [5.74, 6) is -1.21. The van der Waals surface area contributed by atoms with E-state index in [0.717, 1.165) is 77.0 Å². The van der Waals surface area contributed by atoms with E-state index < -0.39 is 58.4 Å². The van der Waals surface area contributed by atoms with Crippen molar-refractivity contribution < 1.29 is 43.8 Å². The highest BCUT2D eigenvalue weighted by Crippen LogP contribution is 2.45. The molecule has 0 aromatic rings. The predicted molar refractivity (Wildman–Crippen MR) is 166 cm³/mol. The summed E-state index contributed by atoms with van der Waals surface area (Å²) < 4.78 is 97.8. The number of unbranched alkanes of at least 4 members (excludes halogenated alkanes) is 3. The van der Waals surface area contributed by atoms with Crippen molar-refractivity contribution in [2.45, 2.75) is 153 Å². The Bertz CT molecular complexity index is 973. The smallest absolute Gasteiger partial charge is 0.314 e. The lowest BCUT2D eigenvalue weighted by Gasteiger charge is -2.23. The summed E-state index contributed by atoms with van der Waals surface area (Å²) in [5, 5.41) is -2.11. The molecule has 4 unspecified atom stereocenters. The first-order chi connectivity index (χ1) is 19.7. The lowest BCUT2D eigenvalue weighted by atomic mass is 9.98. The molecule has 0 amide bonds. The molecule has 2 aliphatic carbocycles. The first kappa shape index (κ1) is 38.1. The van der Waals surface area contributed by atoms with Crippen LogP contribution in [0.5, 0.6) is 0 Å². The highest BCUT2D eigenvalue weighted by molar-refractivity contribution is 7.86. The Balaban J connectivity index is 1.69. The molecule has 2 saturated carbocycles. The molecule has 0 spiro atoms. The second-order valence-electron chi connectivity index (χ2n) is 12.0. The summed E-state index contributed by atoms with van der Waals surface area (Å²) in [7, 11) is -11.4. The molecule has 2 aliphatic rings. The van der Waals surface area contributed by atoms with E-state index in [0.29, 0.717) is 38.0 Å². The Labute approximate surface area is 256 Å². The Hall–Kier alpha value is -0.0600. The molecule has 246 valence electrons. The molecular weight excluding hydrogens is 622 g/mol. The molecule has 0 aromatic heterocycles. The molecule has 2 rings (SSSR count). The van der Waals surface area contributed by atoms with E-state index in [1.54, 1.807) is 13.8 Å². The van der Waals surface area contributed by atoms with E-state index in [1.165, 1.54) is 0 Å². The molecule has 10 nitrogen and oxygen atoms in total. The Kier molecular flexibility index (Phi) is 16.5. The fraction of sp³-hybridized carbons (Fsp3) is 1.00. The van der Waals surface area contributed by atoms with Gasteiger partial charge in [-0.05, 0) is 51.4 Å². The topological polar surface area (TPSA) is 139 Å². The summed E-state index contributed by atoms with van der Waals surface area (Å²) in [4.78, 5) is 0. The Morgan fingerprint density at radius 1 is 0.595 bits per heavy atom. The molecule has 0 saturated heterocycles. The number of hydrogen-bond acceptors (Lipinski definition) is 10. The molecule has 14 heteroatoms. The van der Waals surface area contributed by atoms with Crippen molar-refractivity contribution >= 4 is 35.8 Å². The summed E-state index contributed by atoms with van der Waals surface area (Å²) in [6, 6.07) is 0. The molecule has 2 fully saturated rings. The third-order valence-corrected chi connectivity index (χ3v) is 14.9. The van der Waals surface area contributed by atoms with Gasteiger partial charge in [-0.1, -0.05) is 61.5 Å². The first-order valence-electron chi connectivity index (χ1n) is 15.7. The second kappa shape index (κ2) is 18.2. The monoisotopic (exact) mass is 676 g/mol. The van der Waals surface area contributed by atoms with Gasteiger partial charge in [-0.25, -0.2) is 0 Å². The molecule has 0 radical (unpaired) electrons. The van der Waals surface area contributed by atoms with Crippen LogP contribution in [0.2, 0.25) is 0 Å². The quantitative estimate of drug-likeness (QED) is 0.0673. The summed E-state index contributed by atoms with van der Waals surface area (Å²) >= 11 is 0. The van der Waals surface area contributed by atoms with Gasteiger partial charge in [0, 0.05) is 26.7 Å². The van der Waals surface area contributed by atoms with E-state index in [9.17, 15) is 26.0 Å². The van der Waals surface area contributed by atoms with Crippen LogP contribution in [-0.4, -0.2) is 63.9 Å². The highest BCUT2D eigenvalue weighted by atomic mass is 32.2. The van der Waals surface area contributed by atoms with Gasteiger partial charge in [0.25, 0.3) is 30.9 Å². The number of ether oxygens (including phenoxy) is 2. The molecule has 0 N–H and O–H groups in total. The number of rotatable bonds is 21. The predicted octanol–water partition coefficient (Wildman–Crippen LogP) is 7.76. The maximum atomic E-state index is 13.1. The van der Waals surface area contributed by atoms with Crippen LogP contribution in [-0.2, 0) is 47.2 Å². The van der Waals surface area contributed by atoms with Crippen molar-refractivity contribution in [3.63, 3.8) is 0 Å². The fourth-order valence-electron chi connectivity index (χ4n) is 5.23. The van der Waals surface area contributed by atoms with Crippen molar-refractivity contribution in [1.29, 1.82) is 0 Å². The zero-order chi connectivity index (χ0) is 31.3. The van der Waals surface area contributed by atoms with Gasteiger partial charge in [-0.15, -0.1) is 0 Å². The maximum absolute atomic E-state index is 13.1. The molecule has 0 heterocycles. The number of hydrogen-bond donors (Lipinski definition) is 0. The van der Waals surface area contributed by atoms with Gasteiger partial charge in [0.15, 0.2) is 11.9 Å². The van der Waals surface area contributed by atoms with Crippen molar-refractivity contribution in [1.82, 2.24) is 0 Å². The third kappa shape index (κ3) is 13.5. The Morgan fingerprint density at radius 2 is 0.929 bits per heavy atom. The van der Waals surface area contributed by atoms with Crippen LogP contribution < -0.4 is 0 Å². The zero-order valence-corrected chi connectivity index (χ0v) is 29.5. The van der Waals surface area contributed by atoms with Crippen LogP contribution in [0, 0.1) is 0 Å². The van der Waals surface area contributed by atoms with Crippen LogP contribution >= 0.6 is 15.6 Å². The molecule has 0 aromatic carbocycles. The van der Waals surface area contributed by atoms with Crippen molar-refractivity contribution in [3.05, 3.63) is 0 Å². The van der Waals surface area contributed by atoms with E-state index in [1.807, 2.05) is 13.8 Å². The maximum Gasteiger partial charge on any atom is 0.373 e. The molecule has 0 bridgehead atoms. The lowest BCUT2D eigenvalue weighted by molar-refractivity contribution is 0.0501. The van der Waals surface area contributed by atoms with E-state index >= 15 is 0 Å². The van der Waals surface area contributed by atoms with Crippen LogP contribution in [0.15, 0.2) is 0 Å². The second-order valence-corrected chi connectivity index (χ2v) is 19.4. The van der Waals surface area contributed by atoms with E-state index in [-0.39, 0.29) is 12.2 Å². The standard InChI is InChI=1S/C28H54O10P2S2/c1-5-27(3,35-23-41(31,32)37-25-17-11-9-12-18-25)39(29)21-15-7-8-16-22-40(30)28(4,6-2)36-24-42(33,34)38-26-19-13-10-14-20-26/h25-26H,5-24H2,1-4H3/q+2. The fourth-order valence-corrected chi connectivity index (χ4v) is 10.6. The minimum Gasteiger partial charge on any atom is -0.314 e. The SMILES string of the molecule is CCC(C)(OCS(=O)(=O)OC1CCCCC1)[P+](=O)CCCCCC[P+](=O)C(C)(CC)OCS(=O)(=O)OC1CCCCC1. The molecule has 0 aliphatic heterocycles. The minimum absolute atomic E-state index is 0.292. The lowest BCUT2D eigenvalue weighted by Crippen LogP contribution is -2.30. The average molecular weight is 677 g/mol. The van der Waals surface area contributed by atoms with Gasteiger partial charge >= 0.3 is 15.6 Å². The van der Waals surface area contributed by atoms with Crippen LogP contribution in [0.4, 0.5) is 0 Å². The molecule has 4 atom stereocenters. The van der Waals surface area contributed by atoms with Gasteiger partial charge in [-0.3, -0.25) is 8.37 Å². The van der Waals surface area contributed by atoms with Crippen LogP contribution in [0.25, 0.3) is 0 Å².